The summed E-state index contributed by atoms with van der Waals surface area (Å²) in [6.07, 6.45) is 3.74. The van der Waals surface area contributed by atoms with Crippen molar-refractivity contribution in [3.05, 3.63) is 40.7 Å². The van der Waals surface area contributed by atoms with Gasteiger partial charge in [-0.1, -0.05) is 36.6 Å². The maximum absolute atomic E-state index is 13.4. The van der Waals surface area contributed by atoms with E-state index in [1.807, 2.05) is 43.3 Å². The summed E-state index contributed by atoms with van der Waals surface area (Å²) in [5, 5.41) is 3.78. The van der Waals surface area contributed by atoms with Crippen LogP contribution < -0.4 is 15.1 Å². The number of rotatable bonds is 6. The minimum Gasteiger partial charge on any atom is -0.378 e. The summed E-state index contributed by atoms with van der Waals surface area (Å²) in [7, 11) is 3.80. The van der Waals surface area contributed by atoms with Gasteiger partial charge in [0, 0.05) is 32.2 Å². The minimum absolute atomic E-state index is 0.0204. The van der Waals surface area contributed by atoms with Gasteiger partial charge in [-0.15, -0.1) is 0 Å². The van der Waals surface area contributed by atoms with E-state index >= 15 is 0 Å². The average Bonchev–Trinajstić information content (AvgIpc) is 3.29. The van der Waals surface area contributed by atoms with Crippen LogP contribution in [0.25, 0.3) is 0 Å². The number of anilines is 2. The highest BCUT2D eigenvalue weighted by Gasteiger charge is 2.42. The van der Waals surface area contributed by atoms with Crippen LogP contribution in [0, 0.1) is 0 Å². The molecule has 1 aliphatic carbocycles. The second-order valence-corrected chi connectivity index (χ2v) is 8.76. The van der Waals surface area contributed by atoms with Crippen LogP contribution in [0.3, 0.4) is 0 Å². The number of ether oxygens (including phenoxy) is 1. The molecule has 0 unspecified atom stereocenters. The molecule has 0 spiro atoms. The molecule has 2 aromatic rings. The van der Waals surface area contributed by atoms with Crippen molar-refractivity contribution in [3.63, 3.8) is 0 Å². The Bertz CT molecular complexity index is 909. The molecule has 1 aromatic carbocycles. The Hall–Kier alpha value is -2.45. The topological polar surface area (TPSA) is 83.5 Å². The number of carbonyl (C=O) groups excluding carboxylic acids is 1. The van der Waals surface area contributed by atoms with E-state index in [2.05, 4.69) is 25.2 Å². The molecule has 1 aliphatic heterocycles. The molecule has 2 fully saturated rings. The fourth-order valence-corrected chi connectivity index (χ4v) is 4.43. The van der Waals surface area contributed by atoms with Crippen molar-refractivity contribution in [2.45, 2.75) is 37.6 Å². The lowest BCUT2D eigenvalue weighted by Crippen LogP contribution is -2.42. The van der Waals surface area contributed by atoms with Gasteiger partial charge in [0.05, 0.1) is 25.2 Å². The predicted octanol–water partition coefficient (Wildman–Crippen LogP) is 2.56. The standard InChI is InChI=1S/C22H29ClN6O2/c1-28(2)20-25-18(26-21(27-20)29-11-13-31-14-12-29)15-24-19(30)22(9-3-4-10-22)16-5-7-17(23)8-6-16/h5-8H,3-4,9-15H2,1-2H3,(H,24,30). The van der Waals surface area contributed by atoms with Gasteiger partial charge in [0.1, 0.15) is 0 Å². The van der Waals surface area contributed by atoms with E-state index in [1.165, 1.54) is 0 Å². The fraction of sp³-hybridized carbons (Fsp3) is 0.545. The van der Waals surface area contributed by atoms with E-state index < -0.39 is 5.41 Å². The molecule has 1 saturated carbocycles. The maximum Gasteiger partial charge on any atom is 0.231 e. The summed E-state index contributed by atoms with van der Waals surface area (Å²) in [5.74, 6) is 1.78. The largest absolute Gasteiger partial charge is 0.378 e. The molecule has 2 heterocycles. The smallest absolute Gasteiger partial charge is 0.231 e. The molecule has 8 nitrogen and oxygen atoms in total. The molecule has 4 rings (SSSR count). The zero-order valence-corrected chi connectivity index (χ0v) is 18.9. The Labute approximate surface area is 188 Å². The van der Waals surface area contributed by atoms with E-state index in [1.54, 1.807) is 0 Å². The van der Waals surface area contributed by atoms with Crippen LogP contribution in [0.15, 0.2) is 24.3 Å². The Morgan fingerprint density at radius 1 is 1.13 bits per heavy atom. The number of carbonyl (C=O) groups is 1. The van der Waals surface area contributed by atoms with E-state index in [9.17, 15) is 4.79 Å². The number of aromatic nitrogens is 3. The summed E-state index contributed by atoms with van der Waals surface area (Å²) in [5.41, 5.74) is 0.500. The van der Waals surface area contributed by atoms with Crippen molar-refractivity contribution in [2.24, 2.45) is 0 Å². The zero-order valence-electron chi connectivity index (χ0n) is 18.1. The fourth-order valence-electron chi connectivity index (χ4n) is 4.30. The van der Waals surface area contributed by atoms with Gasteiger partial charge in [-0.2, -0.15) is 15.0 Å². The van der Waals surface area contributed by atoms with Gasteiger partial charge in [-0.3, -0.25) is 4.79 Å². The van der Waals surface area contributed by atoms with Crippen LogP contribution in [0.5, 0.6) is 0 Å². The SMILES string of the molecule is CN(C)c1nc(CNC(=O)C2(c3ccc(Cl)cc3)CCCC2)nc(N2CCOCC2)n1. The first-order valence-electron chi connectivity index (χ1n) is 10.8. The number of nitrogens with zero attached hydrogens (tertiary/aromatic N) is 5. The van der Waals surface area contributed by atoms with Crippen LogP contribution in [-0.4, -0.2) is 61.3 Å². The van der Waals surface area contributed by atoms with Gasteiger partial charge in [0.25, 0.3) is 0 Å². The van der Waals surface area contributed by atoms with E-state index in [0.29, 0.717) is 36.0 Å². The summed E-state index contributed by atoms with van der Waals surface area (Å²) >= 11 is 6.06. The zero-order chi connectivity index (χ0) is 21.8. The number of nitrogens with one attached hydrogen (secondary N) is 1. The van der Waals surface area contributed by atoms with Crippen molar-refractivity contribution in [2.75, 3.05) is 50.2 Å². The molecule has 1 saturated heterocycles. The van der Waals surface area contributed by atoms with Crippen LogP contribution in [-0.2, 0) is 21.5 Å². The van der Waals surface area contributed by atoms with Crippen molar-refractivity contribution < 1.29 is 9.53 Å². The van der Waals surface area contributed by atoms with Crippen LogP contribution in [0.4, 0.5) is 11.9 Å². The molecule has 0 atom stereocenters. The highest BCUT2D eigenvalue weighted by atomic mass is 35.5. The number of morpholine rings is 1. The van der Waals surface area contributed by atoms with Gasteiger partial charge in [0.2, 0.25) is 17.8 Å². The number of halogens is 1. The normalized spacial score (nSPS) is 18.1. The summed E-state index contributed by atoms with van der Waals surface area (Å²) in [6, 6.07) is 7.65. The lowest BCUT2D eigenvalue weighted by Gasteiger charge is -2.29. The van der Waals surface area contributed by atoms with Crippen molar-refractivity contribution in [1.29, 1.82) is 0 Å². The van der Waals surface area contributed by atoms with Gasteiger partial charge < -0.3 is 19.9 Å². The lowest BCUT2D eigenvalue weighted by atomic mass is 9.78. The molecule has 0 bridgehead atoms. The first kappa shape index (κ1) is 21.8. The van der Waals surface area contributed by atoms with E-state index in [-0.39, 0.29) is 12.5 Å². The van der Waals surface area contributed by atoms with E-state index in [4.69, 9.17) is 16.3 Å². The summed E-state index contributed by atoms with van der Waals surface area (Å²) in [4.78, 5) is 31.1. The van der Waals surface area contributed by atoms with Crippen LogP contribution in [0.2, 0.25) is 5.02 Å². The third kappa shape index (κ3) is 4.75. The average molecular weight is 445 g/mol. The number of amides is 1. The van der Waals surface area contributed by atoms with Crippen molar-refractivity contribution in [3.8, 4) is 0 Å². The van der Waals surface area contributed by atoms with Crippen LogP contribution >= 0.6 is 11.6 Å². The van der Waals surface area contributed by atoms with Crippen LogP contribution in [0.1, 0.15) is 37.1 Å². The number of hydrogen-bond acceptors (Lipinski definition) is 7. The Balaban J connectivity index is 1.53. The third-order valence-electron chi connectivity index (χ3n) is 6.05. The monoisotopic (exact) mass is 444 g/mol. The van der Waals surface area contributed by atoms with Gasteiger partial charge in [-0.25, -0.2) is 0 Å². The minimum atomic E-state index is -0.519. The molecule has 1 aromatic heterocycles. The third-order valence-corrected chi connectivity index (χ3v) is 6.30. The Morgan fingerprint density at radius 3 is 2.45 bits per heavy atom. The Morgan fingerprint density at radius 2 is 1.81 bits per heavy atom. The highest BCUT2D eigenvalue weighted by Crippen LogP contribution is 2.41. The molecule has 1 N–H and O–H groups in total. The molecular formula is C22H29ClN6O2. The molecule has 31 heavy (non-hydrogen) atoms. The Kier molecular flexibility index (Phi) is 6.57. The van der Waals surface area contributed by atoms with Gasteiger partial charge in [0.15, 0.2) is 5.82 Å². The van der Waals surface area contributed by atoms with E-state index in [0.717, 1.165) is 44.3 Å². The second kappa shape index (κ2) is 9.36. The molecular weight excluding hydrogens is 416 g/mol. The van der Waals surface area contributed by atoms with Crippen molar-refractivity contribution >= 4 is 29.4 Å². The molecule has 1 amide bonds. The highest BCUT2D eigenvalue weighted by molar-refractivity contribution is 6.30. The molecule has 0 radical (unpaired) electrons. The second-order valence-electron chi connectivity index (χ2n) is 8.32. The molecule has 166 valence electrons. The molecule has 9 heteroatoms. The summed E-state index contributed by atoms with van der Waals surface area (Å²) < 4.78 is 5.44. The predicted molar refractivity (Wildman–Crippen MR) is 121 cm³/mol. The first-order chi connectivity index (χ1) is 15.0. The van der Waals surface area contributed by atoms with Gasteiger partial charge in [-0.05, 0) is 30.5 Å². The maximum atomic E-state index is 13.4. The van der Waals surface area contributed by atoms with Crippen molar-refractivity contribution in [1.82, 2.24) is 20.3 Å². The quantitative estimate of drug-likeness (QED) is 0.732. The lowest BCUT2D eigenvalue weighted by molar-refractivity contribution is -0.126. The van der Waals surface area contributed by atoms with Gasteiger partial charge >= 0.3 is 0 Å². The molecule has 2 aliphatic rings. The number of benzene rings is 1. The summed E-state index contributed by atoms with van der Waals surface area (Å²) in [6.45, 7) is 3.04. The number of hydrogen-bond donors (Lipinski definition) is 1. The first-order valence-corrected chi connectivity index (χ1v) is 11.1.